The highest BCUT2D eigenvalue weighted by molar-refractivity contribution is 9.09. The van der Waals surface area contributed by atoms with E-state index in [1.807, 2.05) is 24.3 Å². The summed E-state index contributed by atoms with van der Waals surface area (Å²) in [5.41, 5.74) is 1.84. The van der Waals surface area contributed by atoms with Gasteiger partial charge in [0.15, 0.2) is 0 Å². The molecule has 0 aliphatic heterocycles. The van der Waals surface area contributed by atoms with Gasteiger partial charge in [-0.2, -0.15) is 0 Å². The average molecular weight is 271 g/mol. The minimum Gasteiger partial charge on any atom is -0.462 e. The van der Waals surface area contributed by atoms with E-state index in [4.69, 9.17) is 4.74 Å². The smallest absolute Gasteiger partial charge is 0.338 e. The topological polar surface area (TPSA) is 26.3 Å². The second kappa shape index (κ2) is 5.91. The summed E-state index contributed by atoms with van der Waals surface area (Å²) in [5.74, 6) is 0.205. The fraction of sp³-hybridized carbons (Fsp3) is 0.417. The maximum atomic E-state index is 11.4. The van der Waals surface area contributed by atoms with Gasteiger partial charge in [0.1, 0.15) is 0 Å². The van der Waals surface area contributed by atoms with Crippen molar-refractivity contribution in [3.05, 3.63) is 35.4 Å². The number of hydrogen-bond donors (Lipinski definition) is 0. The Hall–Kier alpha value is -0.830. The van der Waals surface area contributed by atoms with Crippen LogP contribution in [0.1, 0.15) is 35.7 Å². The molecule has 0 heterocycles. The summed E-state index contributed by atoms with van der Waals surface area (Å²) in [6, 6.07) is 7.56. The van der Waals surface area contributed by atoms with Gasteiger partial charge in [0, 0.05) is 5.33 Å². The third-order valence-corrected chi connectivity index (χ3v) is 3.19. The molecule has 1 aromatic rings. The van der Waals surface area contributed by atoms with Crippen LogP contribution in [0.2, 0.25) is 0 Å². The Labute approximate surface area is 98.8 Å². The second-order valence-electron chi connectivity index (χ2n) is 3.40. The standard InChI is InChI=1S/C12H15BrO2/c1-3-15-12(14)11-6-4-10(5-7-11)9(2)8-13/h4-7,9H,3,8H2,1-2H3. The summed E-state index contributed by atoms with van der Waals surface area (Å²) in [6.07, 6.45) is 0. The number of rotatable bonds is 4. The molecule has 1 aromatic carbocycles. The van der Waals surface area contributed by atoms with Crippen LogP contribution in [0, 0.1) is 0 Å². The highest BCUT2D eigenvalue weighted by atomic mass is 79.9. The zero-order chi connectivity index (χ0) is 11.3. The quantitative estimate of drug-likeness (QED) is 0.620. The van der Waals surface area contributed by atoms with Gasteiger partial charge in [0.25, 0.3) is 0 Å². The zero-order valence-corrected chi connectivity index (χ0v) is 10.6. The minimum absolute atomic E-state index is 0.254. The zero-order valence-electron chi connectivity index (χ0n) is 9.00. The van der Waals surface area contributed by atoms with E-state index in [0.29, 0.717) is 18.1 Å². The molecule has 0 aromatic heterocycles. The van der Waals surface area contributed by atoms with Gasteiger partial charge in [-0.25, -0.2) is 4.79 Å². The SMILES string of the molecule is CCOC(=O)c1ccc(C(C)CBr)cc1. The number of ether oxygens (including phenoxy) is 1. The third kappa shape index (κ3) is 3.34. The van der Waals surface area contributed by atoms with Crippen LogP contribution in [-0.4, -0.2) is 17.9 Å². The van der Waals surface area contributed by atoms with E-state index in [1.165, 1.54) is 5.56 Å². The monoisotopic (exact) mass is 270 g/mol. The molecule has 15 heavy (non-hydrogen) atoms. The molecular formula is C12H15BrO2. The lowest BCUT2D eigenvalue weighted by Crippen LogP contribution is -2.04. The molecule has 0 bridgehead atoms. The first-order chi connectivity index (χ1) is 7.19. The molecule has 0 aliphatic carbocycles. The largest absolute Gasteiger partial charge is 0.462 e. The van der Waals surface area contributed by atoms with Gasteiger partial charge in [-0.05, 0) is 30.5 Å². The Morgan fingerprint density at radius 1 is 1.40 bits per heavy atom. The van der Waals surface area contributed by atoms with Crippen molar-refractivity contribution in [2.24, 2.45) is 0 Å². The predicted octanol–water partition coefficient (Wildman–Crippen LogP) is 3.36. The summed E-state index contributed by atoms with van der Waals surface area (Å²) >= 11 is 3.43. The van der Waals surface area contributed by atoms with Gasteiger partial charge in [-0.15, -0.1) is 0 Å². The summed E-state index contributed by atoms with van der Waals surface area (Å²) in [6.45, 7) is 4.35. The van der Waals surface area contributed by atoms with Crippen molar-refractivity contribution in [1.29, 1.82) is 0 Å². The molecule has 0 N–H and O–H groups in total. The van der Waals surface area contributed by atoms with Crippen LogP contribution in [0.3, 0.4) is 0 Å². The van der Waals surface area contributed by atoms with E-state index < -0.39 is 0 Å². The van der Waals surface area contributed by atoms with Gasteiger partial charge >= 0.3 is 5.97 Å². The van der Waals surface area contributed by atoms with Crippen molar-refractivity contribution >= 4 is 21.9 Å². The van der Waals surface area contributed by atoms with Crippen molar-refractivity contribution in [3.8, 4) is 0 Å². The van der Waals surface area contributed by atoms with Gasteiger partial charge in [-0.3, -0.25) is 0 Å². The molecule has 82 valence electrons. The third-order valence-electron chi connectivity index (χ3n) is 2.22. The highest BCUT2D eigenvalue weighted by Crippen LogP contribution is 2.18. The first-order valence-electron chi connectivity index (χ1n) is 5.02. The first-order valence-corrected chi connectivity index (χ1v) is 6.14. The van der Waals surface area contributed by atoms with Gasteiger partial charge < -0.3 is 4.74 Å². The van der Waals surface area contributed by atoms with Crippen LogP contribution < -0.4 is 0 Å². The van der Waals surface area contributed by atoms with Gasteiger partial charge in [0.2, 0.25) is 0 Å². The van der Waals surface area contributed by atoms with Crippen molar-refractivity contribution < 1.29 is 9.53 Å². The Bertz CT molecular complexity index is 319. The van der Waals surface area contributed by atoms with Crippen molar-refractivity contribution in [2.75, 3.05) is 11.9 Å². The number of carbonyl (C=O) groups is 1. The number of hydrogen-bond acceptors (Lipinski definition) is 2. The van der Waals surface area contributed by atoms with Crippen LogP contribution in [0.4, 0.5) is 0 Å². The lowest BCUT2D eigenvalue weighted by Gasteiger charge is -2.08. The lowest BCUT2D eigenvalue weighted by molar-refractivity contribution is 0.0526. The Morgan fingerprint density at radius 2 is 2.00 bits per heavy atom. The Morgan fingerprint density at radius 3 is 2.47 bits per heavy atom. The summed E-state index contributed by atoms with van der Waals surface area (Å²) in [4.78, 5) is 11.4. The molecule has 2 nitrogen and oxygen atoms in total. The minimum atomic E-state index is -0.254. The molecule has 0 spiro atoms. The fourth-order valence-electron chi connectivity index (χ4n) is 1.25. The average Bonchev–Trinajstić information content (AvgIpc) is 2.28. The van der Waals surface area contributed by atoms with Crippen LogP contribution in [0.5, 0.6) is 0 Å². The normalized spacial score (nSPS) is 12.2. The predicted molar refractivity (Wildman–Crippen MR) is 64.6 cm³/mol. The summed E-state index contributed by atoms with van der Waals surface area (Å²) in [5, 5.41) is 0.922. The van der Waals surface area contributed by atoms with Crippen molar-refractivity contribution in [3.63, 3.8) is 0 Å². The second-order valence-corrected chi connectivity index (χ2v) is 4.05. The van der Waals surface area contributed by atoms with Crippen molar-refractivity contribution in [2.45, 2.75) is 19.8 Å². The van der Waals surface area contributed by atoms with E-state index in [2.05, 4.69) is 22.9 Å². The number of esters is 1. The van der Waals surface area contributed by atoms with Gasteiger partial charge in [0.05, 0.1) is 12.2 Å². The molecule has 1 unspecified atom stereocenters. The molecule has 0 amide bonds. The molecule has 0 fully saturated rings. The van der Waals surface area contributed by atoms with Crippen LogP contribution in [0.15, 0.2) is 24.3 Å². The Kier molecular flexibility index (Phi) is 4.82. The van der Waals surface area contributed by atoms with E-state index >= 15 is 0 Å². The molecule has 0 saturated heterocycles. The number of halogens is 1. The fourth-order valence-corrected chi connectivity index (χ4v) is 1.63. The maximum Gasteiger partial charge on any atom is 0.338 e. The van der Waals surface area contributed by atoms with Crippen LogP contribution in [0.25, 0.3) is 0 Å². The van der Waals surface area contributed by atoms with E-state index in [9.17, 15) is 4.79 Å². The van der Waals surface area contributed by atoms with Gasteiger partial charge in [-0.1, -0.05) is 35.0 Å². The molecule has 1 rings (SSSR count). The molecule has 3 heteroatoms. The van der Waals surface area contributed by atoms with Crippen molar-refractivity contribution in [1.82, 2.24) is 0 Å². The maximum absolute atomic E-state index is 11.4. The van der Waals surface area contributed by atoms with E-state index in [1.54, 1.807) is 6.92 Å². The van der Waals surface area contributed by atoms with E-state index in [-0.39, 0.29) is 5.97 Å². The summed E-state index contributed by atoms with van der Waals surface area (Å²) in [7, 11) is 0. The molecular weight excluding hydrogens is 256 g/mol. The number of carbonyl (C=O) groups excluding carboxylic acids is 1. The molecule has 1 atom stereocenters. The molecule has 0 saturated carbocycles. The van der Waals surface area contributed by atoms with E-state index in [0.717, 1.165) is 5.33 Å². The number of benzene rings is 1. The lowest BCUT2D eigenvalue weighted by atomic mass is 10.0. The Balaban J connectivity index is 2.76. The highest BCUT2D eigenvalue weighted by Gasteiger charge is 2.07. The summed E-state index contributed by atoms with van der Waals surface area (Å²) < 4.78 is 4.91. The van der Waals surface area contributed by atoms with Crippen LogP contribution in [-0.2, 0) is 4.74 Å². The molecule has 0 radical (unpaired) electrons. The molecule has 0 aliphatic rings. The number of alkyl halides is 1. The van der Waals surface area contributed by atoms with Crippen LogP contribution >= 0.6 is 15.9 Å². The first kappa shape index (κ1) is 12.2.